The highest BCUT2D eigenvalue weighted by molar-refractivity contribution is 7.10. The number of phenolic OH excluding ortho intramolecular Hbond substituents is 1. The topological polar surface area (TPSA) is 77.8 Å². The Balaban J connectivity index is 2.19. The maximum absolute atomic E-state index is 12.7. The molecule has 1 aliphatic heterocycles. The molecule has 6 heteroatoms. The Morgan fingerprint density at radius 1 is 1.17 bits per heavy atom. The van der Waals surface area contributed by atoms with Crippen LogP contribution in [0.4, 0.5) is 5.69 Å². The van der Waals surface area contributed by atoms with Crippen LogP contribution in [0.2, 0.25) is 0 Å². The van der Waals surface area contributed by atoms with E-state index in [4.69, 9.17) is 0 Å². The van der Waals surface area contributed by atoms with Crippen LogP contribution < -0.4 is 4.90 Å². The summed E-state index contributed by atoms with van der Waals surface area (Å²) in [6.45, 7) is 3.45. The highest BCUT2D eigenvalue weighted by Crippen LogP contribution is 2.45. The molecule has 0 fully saturated rings. The molecular weight excluding hydrogens is 326 g/mol. The van der Waals surface area contributed by atoms with Gasteiger partial charge >= 0.3 is 0 Å². The molecule has 0 saturated carbocycles. The molecule has 0 spiro atoms. The van der Waals surface area contributed by atoms with E-state index in [1.165, 1.54) is 22.3 Å². The van der Waals surface area contributed by atoms with Gasteiger partial charge in [0.15, 0.2) is 11.5 Å². The Kier molecular flexibility index (Phi) is 4.15. The van der Waals surface area contributed by atoms with Gasteiger partial charge in [0.25, 0.3) is 5.91 Å². The molecule has 0 saturated heterocycles. The van der Waals surface area contributed by atoms with Gasteiger partial charge in [-0.25, -0.2) is 0 Å². The fraction of sp³-hybridized carbons (Fsp3) is 0.222. The van der Waals surface area contributed by atoms with Crippen LogP contribution in [-0.2, 0) is 9.59 Å². The number of ketones is 1. The molecule has 1 aromatic carbocycles. The molecule has 1 amide bonds. The molecule has 2 aromatic rings. The number of Topliss-reactive ketones (excluding diaryl/α,β-unsaturated/α-hetero) is 1. The van der Waals surface area contributed by atoms with Gasteiger partial charge < -0.3 is 10.2 Å². The van der Waals surface area contributed by atoms with Gasteiger partial charge in [-0.1, -0.05) is 32.0 Å². The predicted octanol–water partition coefficient (Wildman–Crippen LogP) is 3.58. The highest BCUT2D eigenvalue weighted by atomic mass is 32.1. The molecule has 1 aromatic heterocycles. The van der Waals surface area contributed by atoms with Crippen molar-refractivity contribution in [2.75, 3.05) is 4.90 Å². The van der Waals surface area contributed by atoms with E-state index in [2.05, 4.69) is 0 Å². The first-order valence-electron chi connectivity index (χ1n) is 7.55. The normalized spacial score (nSPS) is 17.9. The first-order valence-corrected chi connectivity index (χ1v) is 8.43. The lowest BCUT2D eigenvalue weighted by molar-refractivity contribution is -0.119. The van der Waals surface area contributed by atoms with E-state index in [-0.39, 0.29) is 28.7 Å². The van der Waals surface area contributed by atoms with Crippen LogP contribution in [0.15, 0.2) is 53.1 Å². The van der Waals surface area contributed by atoms with Crippen molar-refractivity contribution in [3.8, 4) is 5.75 Å². The van der Waals surface area contributed by atoms with Crippen LogP contribution in [-0.4, -0.2) is 21.9 Å². The third kappa shape index (κ3) is 2.49. The zero-order valence-electron chi connectivity index (χ0n) is 13.3. The zero-order valence-corrected chi connectivity index (χ0v) is 14.1. The SMILES string of the molecule is CC(C)C(=O)C1=C(O)C(=O)N(c2ccccc2O)C1c1cccs1. The summed E-state index contributed by atoms with van der Waals surface area (Å²) >= 11 is 1.39. The fourth-order valence-electron chi connectivity index (χ4n) is 2.80. The van der Waals surface area contributed by atoms with Crippen molar-refractivity contribution in [3.05, 3.63) is 58.0 Å². The number of benzene rings is 1. The van der Waals surface area contributed by atoms with Crippen LogP contribution in [0.1, 0.15) is 24.8 Å². The molecule has 124 valence electrons. The zero-order chi connectivity index (χ0) is 17.4. The van der Waals surface area contributed by atoms with Crippen LogP contribution >= 0.6 is 11.3 Å². The first kappa shape index (κ1) is 16.3. The van der Waals surface area contributed by atoms with E-state index >= 15 is 0 Å². The van der Waals surface area contributed by atoms with Crippen molar-refractivity contribution >= 4 is 28.7 Å². The summed E-state index contributed by atoms with van der Waals surface area (Å²) in [5.41, 5.74) is 0.347. The number of aliphatic hydroxyl groups is 1. The van der Waals surface area contributed by atoms with Crippen molar-refractivity contribution in [1.29, 1.82) is 0 Å². The number of anilines is 1. The number of phenols is 1. The molecule has 0 aliphatic carbocycles. The van der Waals surface area contributed by atoms with E-state index < -0.39 is 17.7 Å². The summed E-state index contributed by atoms with van der Waals surface area (Å²) < 4.78 is 0. The van der Waals surface area contributed by atoms with Gasteiger partial charge in [0.2, 0.25) is 0 Å². The van der Waals surface area contributed by atoms with Gasteiger partial charge in [-0.15, -0.1) is 11.3 Å². The van der Waals surface area contributed by atoms with E-state index in [1.807, 2.05) is 17.5 Å². The highest BCUT2D eigenvalue weighted by Gasteiger charge is 2.45. The van der Waals surface area contributed by atoms with Gasteiger partial charge in [0.1, 0.15) is 11.8 Å². The standard InChI is InChI=1S/C18H17NO4S/c1-10(2)16(21)14-15(13-8-5-9-24-13)19(18(23)17(14)22)11-6-3-4-7-12(11)20/h3-10,15,20,22H,1-2H3. The van der Waals surface area contributed by atoms with Crippen molar-refractivity contribution in [3.63, 3.8) is 0 Å². The molecule has 0 radical (unpaired) electrons. The minimum Gasteiger partial charge on any atom is -0.506 e. The maximum atomic E-state index is 12.7. The smallest absolute Gasteiger partial charge is 0.294 e. The lowest BCUT2D eigenvalue weighted by Gasteiger charge is -2.26. The second kappa shape index (κ2) is 6.13. The first-order chi connectivity index (χ1) is 11.4. The average Bonchev–Trinajstić information content (AvgIpc) is 3.15. The minimum absolute atomic E-state index is 0.0840. The molecule has 2 heterocycles. The predicted molar refractivity (Wildman–Crippen MR) is 92.2 cm³/mol. The monoisotopic (exact) mass is 343 g/mol. The molecule has 1 atom stereocenters. The third-order valence-corrected chi connectivity index (χ3v) is 4.88. The van der Waals surface area contributed by atoms with Crippen molar-refractivity contribution in [2.24, 2.45) is 5.92 Å². The minimum atomic E-state index is -0.735. The van der Waals surface area contributed by atoms with Gasteiger partial charge in [-0.3, -0.25) is 14.5 Å². The number of thiophene rings is 1. The number of aromatic hydroxyl groups is 1. The van der Waals surface area contributed by atoms with Crippen LogP contribution in [0.3, 0.4) is 0 Å². The van der Waals surface area contributed by atoms with Gasteiger partial charge in [0, 0.05) is 10.8 Å². The summed E-state index contributed by atoms with van der Waals surface area (Å²) in [5.74, 6) is -1.95. The van der Waals surface area contributed by atoms with Crippen molar-refractivity contribution < 1.29 is 19.8 Å². The van der Waals surface area contributed by atoms with Gasteiger partial charge in [-0.2, -0.15) is 0 Å². The number of hydrogen-bond donors (Lipinski definition) is 2. The lowest BCUT2D eigenvalue weighted by Crippen LogP contribution is -2.31. The third-order valence-electron chi connectivity index (χ3n) is 3.95. The molecular formula is C18H17NO4S. The molecule has 5 nitrogen and oxygen atoms in total. The van der Waals surface area contributed by atoms with Crippen LogP contribution in [0, 0.1) is 5.92 Å². The molecule has 1 unspecified atom stereocenters. The number of carbonyl (C=O) groups excluding carboxylic acids is 2. The average molecular weight is 343 g/mol. The molecule has 3 rings (SSSR count). The van der Waals surface area contributed by atoms with Crippen LogP contribution in [0.5, 0.6) is 5.75 Å². The number of amides is 1. The number of nitrogens with zero attached hydrogens (tertiary/aromatic N) is 1. The van der Waals surface area contributed by atoms with Gasteiger partial charge in [-0.05, 0) is 23.6 Å². The largest absolute Gasteiger partial charge is 0.506 e. The summed E-state index contributed by atoms with van der Waals surface area (Å²) in [7, 11) is 0. The number of rotatable bonds is 4. The van der Waals surface area contributed by atoms with E-state index in [1.54, 1.807) is 32.0 Å². The second-order valence-corrected chi connectivity index (χ2v) is 6.84. The molecule has 0 bridgehead atoms. The maximum Gasteiger partial charge on any atom is 0.294 e. The summed E-state index contributed by atoms with van der Waals surface area (Å²) in [6, 6.07) is 9.28. The van der Waals surface area contributed by atoms with Crippen LogP contribution in [0.25, 0.3) is 0 Å². The Labute approximate surface area is 143 Å². The quantitative estimate of drug-likeness (QED) is 0.889. The Hall–Kier alpha value is -2.60. The Bertz CT molecular complexity index is 823. The summed E-state index contributed by atoms with van der Waals surface area (Å²) in [4.78, 5) is 27.3. The van der Waals surface area contributed by atoms with Crippen molar-refractivity contribution in [2.45, 2.75) is 19.9 Å². The van der Waals surface area contributed by atoms with E-state index in [0.29, 0.717) is 0 Å². The summed E-state index contributed by atoms with van der Waals surface area (Å²) in [6.07, 6.45) is 0. The Morgan fingerprint density at radius 3 is 2.46 bits per heavy atom. The van der Waals surface area contributed by atoms with Crippen molar-refractivity contribution in [1.82, 2.24) is 0 Å². The lowest BCUT2D eigenvalue weighted by atomic mass is 9.94. The Morgan fingerprint density at radius 2 is 1.88 bits per heavy atom. The fourth-order valence-corrected chi connectivity index (χ4v) is 3.62. The molecule has 1 aliphatic rings. The second-order valence-electron chi connectivity index (χ2n) is 5.86. The number of para-hydroxylation sites is 2. The van der Waals surface area contributed by atoms with E-state index in [0.717, 1.165) is 4.88 Å². The molecule has 24 heavy (non-hydrogen) atoms. The number of hydrogen-bond acceptors (Lipinski definition) is 5. The van der Waals surface area contributed by atoms with Gasteiger partial charge in [0.05, 0.1) is 11.3 Å². The number of carbonyl (C=O) groups is 2. The number of aliphatic hydroxyl groups excluding tert-OH is 1. The van der Waals surface area contributed by atoms with E-state index in [9.17, 15) is 19.8 Å². The summed E-state index contributed by atoms with van der Waals surface area (Å²) in [5, 5.41) is 22.4. The molecule has 2 N–H and O–H groups in total.